The summed E-state index contributed by atoms with van der Waals surface area (Å²) in [6, 6.07) is 3.84. The molecule has 1 heterocycles. The van der Waals surface area contributed by atoms with Crippen LogP contribution in [0.5, 0.6) is 17.2 Å². The number of amides is 1. The second-order valence-electron chi connectivity index (χ2n) is 5.74. The average Bonchev–Trinajstić information content (AvgIpc) is 2.58. The van der Waals surface area contributed by atoms with E-state index in [1.807, 2.05) is 17.0 Å². The summed E-state index contributed by atoms with van der Waals surface area (Å²) in [5.41, 5.74) is 6.87. The number of methoxy groups -OCH3 is 3. The molecule has 0 bridgehead atoms. The second-order valence-corrected chi connectivity index (χ2v) is 5.74. The predicted molar refractivity (Wildman–Crippen MR) is 88.2 cm³/mol. The summed E-state index contributed by atoms with van der Waals surface area (Å²) >= 11 is 0. The monoisotopic (exact) mass is 322 g/mol. The number of piperidine rings is 1. The highest BCUT2D eigenvalue weighted by molar-refractivity contribution is 5.77. The third-order valence-corrected chi connectivity index (χ3v) is 4.20. The number of nitrogens with zero attached hydrogens (tertiary/aromatic N) is 1. The SMILES string of the molecule is COc1ccc(CCC(=O)N2CCCC(N)C2)c(OC)c1OC. The Morgan fingerprint density at radius 1 is 1.22 bits per heavy atom. The van der Waals surface area contributed by atoms with E-state index in [-0.39, 0.29) is 11.9 Å². The molecule has 128 valence electrons. The van der Waals surface area contributed by atoms with Crippen LogP contribution in [0.2, 0.25) is 0 Å². The molecule has 2 N–H and O–H groups in total. The molecule has 1 saturated heterocycles. The van der Waals surface area contributed by atoms with Gasteiger partial charge in [-0.1, -0.05) is 6.07 Å². The summed E-state index contributed by atoms with van der Waals surface area (Å²) in [5.74, 6) is 1.92. The molecule has 2 rings (SSSR count). The lowest BCUT2D eigenvalue weighted by atomic mass is 10.0. The number of rotatable bonds is 6. The lowest BCUT2D eigenvalue weighted by Crippen LogP contribution is -2.45. The minimum atomic E-state index is 0.100. The third-order valence-electron chi connectivity index (χ3n) is 4.20. The van der Waals surface area contributed by atoms with E-state index in [1.54, 1.807) is 21.3 Å². The van der Waals surface area contributed by atoms with Crippen molar-refractivity contribution >= 4 is 5.91 Å². The van der Waals surface area contributed by atoms with Crippen molar-refractivity contribution in [2.45, 2.75) is 31.7 Å². The van der Waals surface area contributed by atoms with Crippen molar-refractivity contribution < 1.29 is 19.0 Å². The number of carbonyl (C=O) groups excluding carboxylic acids is 1. The molecule has 0 aromatic heterocycles. The van der Waals surface area contributed by atoms with E-state index < -0.39 is 0 Å². The van der Waals surface area contributed by atoms with Gasteiger partial charge in [-0.05, 0) is 30.9 Å². The molecule has 6 nitrogen and oxygen atoms in total. The molecule has 1 unspecified atom stereocenters. The van der Waals surface area contributed by atoms with Gasteiger partial charge < -0.3 is 24.8 Å². The first-order chi connectivity index (χ1) is 11.1. The van der Waals surface area contributed by atoms with E-state index in [9.17, 15) is 4.79 Å². The minimum absolute atomic E-state index is 0.100. The van der Waals surface area contributed by atoms with Gasteiger partial charge in [0, 0.05) is 25.6 Å². The maximum absolute atomic E-state index is 12.4. The molecule has 23 heavy (non-hydrogen) atoms. The van der Waals surface area contributed by atoms with Gasteiger partial charge in [0.25, 0.3) is 0 Å². The number of carbonyl (C=O) groups is 1. The molecule has 0 spiro atoms. The zero-order valence-electron chi connectivity index (χ0n) is 14.1. The maximum atomic E-state index is 12.4. The van der Waals surface area contributed by atoms with Crippen molar-refractivity contribution in [1.29, 1.82) is 0 Å². The lowest BCUT2D eigenvalue weighted by molar-refractivity contribution is -0.132. The van der Waals surface area contributed by atoms with Gasteiger partial charge in [-0.15, -0.1) is 0 Å². The van der Waals surface area contributed by atoms with Crippen LogP contribution in [0.4, 0.5) is 0 Å². The Morgan fingerprint density at radius 2 is 1.96 bits per heavy atom. The molecule has 6 heteroatoms. The van der Waals surface area contributed by atoms with Gasteiger partial charge in [-0.3, -0.25) is 4.79 Å². The summed E-state index contributed by atoms with van der Waals surface area (Å²) in [7, 11) is 4.75. The Kier molecular flexibility index (Phi) is 6.10. The van der Waals surface area contributed by atoms with E-state index in [4.69, 9.17) is 19.9 Å². The predicted octanol–water partition coefficient (Wildman–Crippen LogP) is 1.59. The Hall–Kier alpha value is -1.95. The highest BCUT2D eigenvalue weighted by Gasteiger charge is 2.22. The Bertz CT molecular complexity index is 548. The normalized spacial score (nSPS) is 17.7. The van der Waals surface area contributed by atoms with E-state index in [0.717, 1.165) is 24.9 Å². The van der Waals surface area contributed by atoms with E-state index in [1.165, 1.54) is 0 Å². The summed E-state index contributed by atoms with van der Waals surface area (Å²) in [4.78, 5) is 14.2. The number of hydrogen-bond donors (Lipinski definition) is 1. The molecule has 1 aliphatic rings. The van der Waals surface area contributed by atoms with Gasteiger partial charge in [0.15, 0.2) is 11.5 Å². The fourth-order valence-electron chi connectivity index (χ4n) is 3.00. The molecular weight excluding hydrogens is 296 g/mol. The number of likely N-dealkylation sites (tertiary alicyclic amines) is 1. The molecule has 1 fully saturated rings. The smallest absolute Gasteiger partial charge is 0.222 e. The molecule has 0 aliphatic carbocycles. The molecule has 1 amide bonds. The maximum Gasteiger partial charge on any atom is 0.222 e. The van der Waals surface area contributed by atoms with Crippen LogP contribution in [0, 0.1) is 0 Å². The van der Waals surface area contributed by atoms with Crippen LogP contribution in [0.1, 0.15) is 24.8 Å². The number of hydrogen-bond acceptors (Lipinski definition) is 5. The summed E-state index contributed by atoms with van der Waals surface area (Å²) in [5, 5.41) is 0. The Labute approximate surface area is 137 Å². The van der Waals surface area contributed by atoms with Crippen molar-refractivity contribution in [3.63, 3.8) is 0 Å². The molecular formula is C17H26N2O4. The fourth-order valence-corrected chi connectivity index (χ4v) is 3.00. The van der Waals surface area contributed by atoms with E-state index in [0.29, 0.717) is 36.6 Å². The van der Waals surface area contributed by atoms with E-state index >= 15 is 0 Å². The molecule has 1 atom stereocenters. The largest absolute Gasteiger partial charge is 0.493 e. The number of aryl methyl sites for hydroxylation is 1. The molecule has 1 aliphatic heterocycles. The zero-order valence-corrected chi connectivity index (χ0v) is 14.1. The lowest BCUT2D eigenvalue weighted by Gasteiger charge is -2.31. The van der Waals surface area contributed by atoms with Crippen molar-refractivity contribution in [3.8, 4) is 17.2 Å². The first-order valence-electron chi connectivity index (χ1n) is 7.91. The molecule has 1 aromatic rings. The topological polar surface area (TPSA) is 74.0 Å². The average molecular weight is 322 g/mol. The zero-order chi connectivity index (χ0) is 16.8. The fraction of sp³-hybridized carbons (Fsp3) is 0.588. The number of benzene rings is 1. The quantitative estimate of drug-likeness (QED) is 0.861. The van der Waals surface area contributed by atoms with Gasteiger partial charge >= 0.3 is 0 Å². The summed E-state index contributed by atoms with van der Waals surface area (Å²) in [6.45, 7) is 1.46. The van der Waals surface area contributed by atoms with Crippen molar-refractivity contribution in [2.75, 3.05) is 34.4 Å². The van der Waals surface area contributed by atoms with Crippen molar-refractivity contribution in [3.05, 3.63) is 17.7 Å². The van der Waals surface area contributed by atoms with Crippen LogP contribution in [0.3, 0.4) is 0 Å². The van der Waals surface area contributed by atoms with Gasteiger partial charge in [-0.2, -0.15) is 0 Å². The van der Waals surface area contributed by atoms with E-state index in [2.05, 4.69) is 0 Å². The molecule has 1 aromatic carbocycles. The van der Waals surface area contributed by atoms with Crippen LogP contribution in [0.25, 0.3) is 0 Å². The van der Waals surface area contributed by atoms with Crippen LogP contribution < -0.4 is 19.9 Å². The third kappa shape index (κ3) is 4.07. The van der Waals surface area contributed by atoms with Crippen LogP contribution in [0.15, 0.2) is 12.1 Å². The Morgan fingerprint density at radius 3 is 2.57 bits per heavy atom. The Balaban J connectivity index is 2.06. The second kappa shape index (κ2) is 8.06. The highest BCUT2D eigenvalue weighted by atomic mass is 16.5. The molecule has 0 saturated carbocycles. The first-order valence-corrected chi connectivity index (χ1v) is 7.91. The number of nitrogens with two attached hydrogens (primary N) is 1. The van der Waals surface area contributed by atoms with Crippen LogP contribution in [-0.2, 0) is 11.2 Å². The van der Waals surface area contributed by atoms with Crippen molar-refractivity contribution in [1.82, 2.24) is 4.90 Å². The van der Waals surface area contributed by atoms with Crippen molar-refractivity contribution in [2.24, 2.45) is 5.73 Å². The van der Waals surface area contributed by atoms with Gasteiger partial charge in [0.2, 0.25) is 11.7 Å². The first kappa shape index (κ1) is 17.4. The molecule has 0 radical (unpaired) electrons. The summed E-state index contributed by atoms with van der Waals surface area (Å²) in [6.07, 6.45) is 2.99. The van der Waals surface area contributed by atoms with Gasteiger partial charge in [0.1, 0.15) is 0 Å². The minimum Gasteiger partial charge on any atom is -0.493 e. The van der Waals surface area contributed by atoms with Crippen LogP contribution >= 0.6 is 0 Å². The van der Waals surface area contributed by atoms with Crippen LogP contribution in [-0.4, -0.2) is 51.3 Å². The standard InChI is InChI=1S/C17H26N2O4/c1-21-14-8-6-12(16(22-2)17(14)23-3)7-9-15(20)19-10-4-5-13(18)11-19/h6,8,13H,4-5,7,9-11,18H2,1-3H3. The van der Waals surface area contributed by atoms with Gasteiger partial charge in [0.05, 0.1) is 21.3 Å². The van der Waals surface area contributed by atoms with Gasteiger partial charge in [-0.25, -0.2) is 0 Å². The highest BCUT2D eigenvalue weighted by Crippen LogP contribution is 2.40. The summed E-state index contributed by atoms with van der Waals surface area (Å²) < 4.78 is 16.1. The number of ether oxygens (including phenoxy) is 3.